The third kappa shape index (κ3) is 6.70. The number of hydrogen-bond donors (Lipinski definition) is 2. The molecular formula is C30H39ClN3O5Si. The predicted molar refractivity (Wildman–Crippen MR) is 158 cm³/mol. The molecule has 3 rings (SSSR count). The van der Waals surface area contributed by atoms with Crippen LogP contribution in [-0.2, 0) is 29.6 Å². The molecule has 0 aliphatic rings. The molecule has 2 N–H and O–H groups in total. The van der Waals surface area contributed by atoms with Gasteiger partial charge in [-0.3, -0.25) is 4.79 Å². The van der Waals surface area contributed by atoms with Gasteiger partial charge in [-0.15, -0.1) is 0 Å². The number of nitrogens with one attached hydrogen (secondary N) is 2. The fraction of sp³-hybridized carbons (Fsp3) is 0.500. The van der Waals surface area contributed by atoms with E-state index in [1.165, 1.54) is 0 Å². The number of alkyl carbamates (subject to hydrolysis) is 1. The lowest BCUT2D eigenvalue weighted by Gasteiger charge is -2.40. The first kappa shape index (κ1) is 31.6. The number of aromatic amines is 1. The van der Waals surface area contributed by atoms with Gasteiger partial charge in [0, 0.05) is 18.1 Å². The van der Waals surface area contributed by atoms with E-state index in [1.807, 2.05) is 42.5 Å². The molecule has 0 aliphatic carbocycles. The molecule has 3 radical (unpaired) electrons. The molecule has 0 bridgehead atoms. The fourth-order valence-corrected chi connectivity index (χ4v) is 5.91. The second-order valence-corrected chi connectivity index (χ2v) is 12.7. The average molecular weight is 585 g/mol. The number of esters is 1. The van der Waals surface area contributed by atoms with E-state index in [-0.39, 0.29) is 31.0 Å². The molecule has 3 atom stereocenters. The van der Waals surface area contributed by atoms with Crippen LogP contribution < -0.4 is 5.32 Å². The number of rotatable bonds is 10. The summed E-state index contributed by atoms with van der Waals surface area (Å²) in [5, 5.41) is 2.37. The Morgan fingerprint density at radius 1 is 1.12 bits per heavy atom. The van der Waals surface area contributed by atoms with Crippen LogP contribution in [0.1, 0.15) is 71.3 Å². The minimum atomic E-state index is -1.24. The third-order valence-corrected chi connectivity index (χ3v) is 7.74. The number of H-pyrrole nitrogens is 1. The maximum Gasteiger partial charge on any atom is 0.408 e. The molecule has 215 valence electrons. The van der Waals surface area contributed by atoms with Gasteiger partial charge in [-0.1, -0.05) is 49.7 Å². The predicted octanol–water partition coefficient (Wildman–Crippen LogP) is 5.97. The van der Waals surface area contributed by atoms with Crippen LogP contribution in [0.15, 0.2) is 42.5 Å². The Kier molecular flexibility index (Phi) is 9.75. The molecular weight excluding hydrogens is 546 g/mol. The van der Waals surface area contributed by atoms with E-state index >= 15 is 0 Å². The summed E-state index contributed by atoms with van der Waals surface area (Å²) in [7, 11) is 5.51. The Balaban J connectivity index is 2.20. The summed E-state index contributed by atoms with van der Waals surface area (Å²) in [5.74, 6) is -0.283. The van der Waals surface area contributed by atoms with E-state index in [2.05, 4.69) is 34.4 Å². The number of fused-ring (bicyclic) bond motifs is 1. The van der Waals surface area contributed by atoms with Gasteiger partial charge in [-0.25, -0.2) is 9.78 Å². The number of nitrogens with zero attached hydrogens (tertiary/aromatic N) is 1. The molecule has 40 heavy (non-hydrogen) atoms. The number of hydrogen-bond acceptors (Lipinski definition) is 6. The van der Waals surface area contributed by atoms with Crippen LogP contribution in [0, 0.1) is 5.92 Å². The summed E-state index contributed by atoms with van der Waals surface area (Å²) in [4.78, 5) is 34.4. The number of carbonyl (C=O) groups is 2. The summed E-state index contributed by atoms with van der Waals surface area (Å²) in [6.45, 7) is 13.5. The van der Waals surface area contributed by atoms with Crippen molar-refractivity contribution >= 4 is 44.9 Å². The molecule has 10 heteroatoms. The van der Waals surface area contributed by atoms with E-state index in [4.69, 9.17) is 30.8 Å². The van der Waals surface area contributed by atoms with Crippen molar-refractivity contribution < 1.29 is 23.8 Å². The topological polar surface area (TPSA) is 103 Å². The highest BCUT2D eigenvalue weighted by atomic mass is 35.5. The molecule has 0 saturated carbocycles. The van der Waals surface area contributed by atoms with Crippen LogP contribution in [0.2, 0.25) is 5.02 Å². The van der Waals surface area contributed by atoms with Crippen LogP contribution in [0.5, 0.6) is 0 Å². The lowest BCUT2D eigenvalue weighted by Crippen LogP contribution is -2.54. The summed E-state index contributed by atoms with van der Waals surface area (Å²) < 4.78 is 16.4. The number of carbonyl (C=O) groups excluding carboxylic acids is 2. The minimum Gasteiger partial charge on any atom is -0.465 e. The maximum atomic E-state index is 13.2. The van der Waals surface area contributed by atoms with Gasteiger partial charge in [-0.05, 0) is 69.9 Å². The van der Waals surface area contributed by atoms with E-state index in [9.17, 15) is 9.59 Å². The maximum absolute atomic E-state index is 13.2. The highest BCUT2D eigenvalue weighted by Crippen LogP contribution is 2.42. The molecule has 0 spiro atoms. The lowest BCUT2D eigenvalue weighted by atomic mass is 9.81. The molecule has 1 amide bonds. The van der Waals surface area contributed by atoms with Gasteiger partial charge in [-0.2, -0.15) is 0 Å². The molecule has 8 nitrogen and oxygen atoms in total. The first-order valence-electron chi connectivity index (χ1n) is 13.3. The first-order valence-corrected chi connectivity index (χ1v) is 14.2. The molecule has 1 aromatic heterocycles. The molecule has 2 aromatic carbocycles. The van der Waals surface area contributed by atoms with Crippen LogP contribution >= 0.6 is 11.6 Å². The first-order chi connectivity index (χ1) is 18.7. The van der Waals surface area contributed by atoms with Crippen molar-refractivity contribution in [2.75, 3.05) is 20.3 Å². The number of benzene rings is 2. The largest absolute Gasteiger partial charge is 0.465 e. The zero-order valence-corrected chi connectivity index (χ0v) is 26.2. The Morgan fingerprint density at radius 3 is 2.38 bits per heavy atom. The van der Waals surface area contributed by atoms with Crippen molar-refractivity contribution in [1.82, 2.24) is 15.3 Å². The fourth-order valence-electron chi connectivity index (χ4n) is 4.95. The number of halogens is 1. The molecule has 1 heterocycles. The zero-order chi connectivity index (χ0) is 29.9. The zero-order valence-electron chi connectivity index (χ0n) is 24.5. The van der Waals surface area contributed by atoms with Crippen LogP contribution in [0.4, 0.5) is 4.79 Å². The Bertz CT molecular complexity index is 1350. The van der Waals surface area contributed by atoms with Gasteiger partial charge in [0.15, 0.2) is 0 Å². The molecule has 3 aromatic rings. The number of aromatic nitrogens is 2. The van der Waals surface area contributed by atoms with Gasteiger partial charge in [0.05, 0.1) is 39.7 Å². The van der Waals surface area contributed by atoms with Gasteiger partial charge in [0.25, 0.3) is 0 Å². The van der Waals surface area contributed by atoms with Crippen molar-refractivity contribution in [3.05, 3.63) is 64.4 Å². The summed E-state index contributed by atoms with van der Waals surface area (Å²) >= 11 is 6.68. The van der Waals surface area contributed by atoms with E-state index in [0.717, 1.165) is 5.56 Å². The Hall–Kier alpha value is -2.88. The second kappa shape index (κ2) is 12.3. The molecule has 0 aliphatic heterocycles. The number of methoxy groups -OCH3 is 1. The van der Waals surface area contributed by atoms with Crippen molar-refractivity contribution in [3.63, 3.8) is 0 Å². The van der Waals surface area contributed by atoms with Crippen LogP contribution in [0.3, 0.4) is 0 Å². The number of imidazole rings is 1. The number of amides is 1. The van der Waals surface area contributed by atoms with Crippen LogP contribution in [-0.4, -0.2) is 58.2 Å². The quantitative estimate of drug-likeness (QED) is 0.225. The highest BCUT2D eigenvalue weighted by molar-refractivity contribution is 6.31. The molecule has 1 unspecified atom stereocenters. The minimum absolute atomic E-state index is 0.00455. The molecule has 0 fully saturated rings. The smallest absolute Gasteiger partial charge is 0.408 e. The molecule has 0 saturated heterocycles. The van der Waals surface area contributed by atoms with Crippen molar-refractivity contribution in [3.8, 4) is 0 Å². The highest BCUT2D eigenvalue weighted by Gasteiger charge is 2.45. The number of ether oxygens (including phenoxy) is 3. The van der Waals surface area contributed by atoms with Crippen LogP contribution in [0.25, 0.3) is 11.0 Å². The average Bonchev–Trinajstić information content (AvgIpc) is 3.28. The standard InChI is InChI=1S/C30H39ClN3O5Si/c1-9-38-26(35)29(7,17-37-8)19-14-15-22-23(16-19)33-25(32-22)30(40,34-27(36)39-28(4,5)6)24(18(2)3)20-12-10-11-13-21(20)31/h10-16,18,24H,9,17H2,1-8H3,(H,32,33)(H,34,36)/t24-,29?,30-/m0/s1. The monoisotopic (exact) mass is 584 g/mol. The SMILES string of the molecule is CCOC(=O)C(C)(COC)c1ccc2nc([C@]([Si])(NC(=O)OC(C)(C)C)[C@H](c3ccccc3Cl)C(C)C)[nH]c2c1. The van der Waals surface area contributed by atoms with E-state index in [1.54, 1.807) is 41.7 Å². The lowest BCUT2D eigenvalue weighted by molar-refractivity contribution is -0.151. The normalized spacial score (nSPS) is 15.8. The summed E-state index contributed by atoms with van der Waals surface area (Å²) in [5.41, 5.74) is 1.13. The van der Waals surface area contributed by atoms with Gasteiger partial charge in [0.2, 0.25) is 0 Å². The Labute approximate surface area is 244 Å². The van der Waals surface area contributed by atoms with Gasteiger partial charge >= 0.3 is 12.1 Å². The van der Waals surface area contributed by atoms with Crippen molar-refractivity contribution in [2.45, 2.75) is 70.6 Å². The van der Waals surface area contributed by atoms with Gasteiger partial charge in [0.1, 0.15) is 16.8 Å². The van der Waals surface area contributed by atoms with Gasteiger partial charge < -0.3 is 24.5 Å². The second-order valence-electron chi connectivity index (χ2n) is 11.5. The van der Waals surface area contributed by atoms with Crippen molar-refractivity contribution in [2.24, 2.45) is 5.92 Å². The summed E-state index contributed by atoms with van der Waals surface area (Å²) in [6, 6.07) is 13.1. The summed E-state index contributed by atoms with van der Waals surface area (Å²) in [6.07, 6.45) is -0.615. The van der Waals surface area contributed by atoms with E-state index < -0.39 is 22.3 Å². The Morgan fingerprint density at radius 2 is 1.80 bits per heavy atom. The van der Waals surface area contributed by atoms with Crippen molar-refractivity contribution in [1.29, 1.82) is 0 Å². The van der Waals surface area contributed by atoms with E-state index in [0.29, 0.717) is 27.4 Å². The third-order valence-electron chi connectivity index (χ3n) is 6.72.